The van der Waals surface area contributed by atoms with Gasteiger partial charge in [0.05, 0.1) is 0 Å². The number of fused-ring (bicyclic) bond motifs is 2. The average Bonchev–Trinajstić information content (AvgIpc) is 3.78. The van der Waals surface area contributed by atoms with Gasteiger partial charge in [0.25, 0.3) is 0 Å². The molecule has 0 saturated carbocycles. The molecule has 9 rings (SSSR count). The first-order chi connectivity index (χ1) is 23.7. The van der Waals surface area contributed by atoms with Crippen molar-refractivity contribution in [3.05, 3.63) is 182 Å². The van der Waals surface area contributed by atoms with Crippen LogP contribution in [0.3, 0.4) is 0 Å². The summed E-state index contributed by atoms with van der Waals surface area (Å²) >= 11 is 3.75. The highest BCUT2D eigenvalue weighted by Crippen LogP contribution is 2.41. The van der Waals surface area contributed by atoms with E-state index in [1.165, 1.54) is 85.6 Å². The predicted molar refractivity (Wildman–Crippen MR) is 210 cm³/mol. The quantitative estimate of drug-likeness (QED) is 0.169. The van der Waals surface area contributed by atoms with Crippen LogP contribution in [0.4, 0.5) is 0 Å². The molecule has 0 radical (unpaired) electrons. The van der Waals surface area contributed by atoms with Crippen LogP contribution in [-0.2, 0) is 0 Å². The van der Waals surface area contributed by atoms with Gasteiger partial charge in [-0.15, -0.1) is 22.7 Å². The number of hydrogen-bond acceptors (Lipinski definition) is 2. The fourth-order valence-electron chi connectivity index (χ4n) is 6.49. The largest absolute Gasteiger partial charge is 0.135 e. The summed E-state index contributed by atoms with van der Waals surface area (Å²) in [5, 5.41) is 2.61. The van der Waals surface area contributed by atoms with E-state index in [-0.39, 0.29) is 0 Å². The van der Waals surface area contributed by atoms with E-state index in [2.05, 4.69) is 182 Å². The van der Waals surface area contributed by atoms with Crippen LogP contribution in [0.1, 0.15) is 0 Å². The van der Waals surface area contributed by atoms with Gasteiger partial charge in [0.15, 0.2) is 0 Å². The van der Waals surface area contributed by atoms with Crippen LogP contribution >= 0.6 is 22.7 Å². The van der Waals surface area contributed by atoms with Gasteiger partial charge in [-0.05, 0) is 90.7 Å². The minimum Gasteiger partial charge on any atom is -0.135 e. The van der Waals surface area contributed by atoms with Crippen LogP contribution in [0.25, 0.3) is 85.6 Å². The first kappa shape index (κ1) is 28.7. The van der Waals surface area contributed by atoms with Crippen molar-refractivity contribution in [2.45, 2.75) is 0 Å². The lowest BCUT2D eigenvalue weighted by Crippen LogP contribution is -1.81. The molecule has 2 heteroatoms. The second-order valence-electron chi connectivity index (χ2n) is 12.2. The molecule has 0 aliphatic carbocycles. The first-order valence-corrected chi connectivity index (χ1v) is 17.9. The molecule has 0 unspecified atom stereocenters. The molecule has 0 nitrogen and oxygen atoms in total. The van der Waals surface area contributed by atoms with Gasteiger partial charge in [0.1, 0.15) is 0 Å². The Kier molecular flexibility index (Phi) is 7.31. The molecule has 0 aliphatic rings. The normalized spacial score (nSPS) is 11.3. The van der Waals surface area contributed by atoms with E-state index >= 15 is 0 Å². The third-order valence-electron chi connectivity index (χ3n) is 9.14. The van der Waals surface area contributed by atoms with Gasteiger partial charge < -0.3 is 0 Å². The molecular formula is C46H30S2. The van der Waals surface area contributed by atoms with E-state index in [1.54, 1.807) is 0 Å². The van der Waals surface area contributed by atoms with Crippen molar-refractivity contribution in [3.8, 4) is 65.4 Å². The van der Waals surface area contributed by atoms with Crippen molar-refractivity contribution in [3.63, 3.8) is 0 Å². The summed E-state index contributed by atoms with van der Waals surface area (Å²) in [5.41, 5.74) is 12.5. The lowest BCUT2D eigenvalue weighted by atomic mass is 9.99. The highest BCUT2D eigenvalue weighted by Gasteiger charge is 2.11. The summed E-state index contributed by atoms with van der Waals surface area (Å²) in [5.74, 6) is 0. The number of thiophene rings is 2. The number of rotatable bonds is 6. The van der Waals surface area contributed by atoms with E-state index in [0.717, 1.165) is 0 Å². The summed E-state index contributed by atoms with van der Waals surface area (Å²) in [6.07, 6.45) is 0. The van der Waals surface area contributed by atoms with E-state index in [0.29, 0.717) is 0 Å². The summed E-state index contributed by atoms with van der Waals surface area (Å²) < 4.78 is 2.67. The van der Waals surface area contributed by atoms with Crippen molar-refractivity contribution in [1.29, 1.82) is 0 Å². The summed E-state index contributed by atoms with van der Waals surface area (Å²) in [4.78, 5) is 2.61. The minimum absolute atomic E-state index is 1.24. The number of hydrogen-bond donors (Lipinski definition) is 0. The molecule has 0 saturated heterocycles. The van der Waals surface area contributed by atoms with Gasteiger partial charge in [-0.1, -0.05) is 158 Å². The molecule has 7 aromatic carbocycles. The predicted octanol–water partition coefficient (Wildman–Crippen LogP) is 14.1. The molecule has 0 bridgehead atoms. The van der Waals surface area contributed by atoms with Crippen LogP contribution in [0.15, 0.2) is 182 Å². The van der Waals surface area contributed by atoms with E-state index < -0.39 is 0 Å². The smallest absolute Gasteiger partial charge is 0.0363 e. The van der Waals surface area contributed by atoms with E-state index in [1.807, 2.05) is 22.7 Å². The Labute approximate surface area is 288 Å². The van der Waals surface area contributed by atoms with Crippen molar-refractivity contribution in [2.24, 2.45) is 0 Å². The number of benzene rings is 7. The van der Waals surface area contributed by atoms with Gasteiger partial charge in [-0.25, -0.2) is 0 Å². The molecule has 226 valence electrons. The molecular weight excluding hydrogens is 617 g/mol. The zero-order valence-corrected chi connectivity index (χ0v) is 27.8. The van der Waals surface area contributed by atoms with Gasteiger partial charge in [0.2, 0.25) is 0 Å². The summed E-state index contributed by atoms with van der Waals surface area (Å²) in [6.45, 7) is 0. The van der Waals surface area contributed by atoms with Crippen LogP contribution < -0.4 is 0 Å². The molecule has 0 amide bonds. The molecule has 2 aromatic heterocycles. The minimum atomic E-state index is 1.24. The lowest BCUT2D eigenvalue weighted by Gasteiger charge is -2.06. The second kappa shape index (κ2) is 12.2. The van der Waals surface area contributed by atoms with Crippen LogP contribution in [0.2, 0.25) is 0 Å². The highest BCUT2D eigenvalue weighted by atomic mass is 32.1. The molecule has 2 heterocycles. The Morgan fingerprint density at radius 1 is 0.229 bits per heavy atom. The van der Waals surface area contributed by atoms with Crippen LogP contribution in [0.5, 0.6) is 0 Å². The molecule has 0 fully saturated rings. The molecule has 0 spiro atoms. The zero-order chi connectivity index (χ0) is 31.9. The Bertz CT molecular complexity index is 2260. The zero-order valence-electron chi connectivity index (χ0n) is 26.1. The molecule has 0 N–H and O–H groups in total. The molecule has 0 aliphatic heterocycles. The molecule has 48 heavy (non-hydrogen) atoms. The first-order valence-electron chi connectivity index (χ1n) is 16.2. The fraction of sp³-hybridized carbons (Fsp3) is 0. The molecule has 0 atom stereocenters. The maximum Gasteiger partial charge on any atom is 0.0363 e. The highest BCUT2D eigenvalue weighted by molar-refractivity contribution is 7.24. The van der Waals surface area contributed by atoms with Crippen LogP contribution in [-0.4, -0.2) is 0 Å². The Morgan fingerprint density at radius 2 is 0.500 bits per heavy atom. The lowest BCUT2D eigenvalue weighted by molar-refractivity contribution is 1.59. The summed E-state index contributed by atoms with van der Waals surface area (Å²) in [6, 6.07) is 66.2. The van der Waals surface area contributed by atoms with Gasteiger partial charge >= 0.3 is 0 Å². The fourth-order valence-corrected chi connectivity index (χ4v) is 8.74. The Balaban J connectivity index is 0.925. The average molecular weight is 647 g/mol. The monoisotopic (exact) mass is 646 g/mol. The maximum absolute atomic E-state index is 2.37. The third kappa shape index (κ3) is 5.56. The topological polar surface area (TPSA) is 0 Å². The Morgan fingerprint density at radius 3 is 0.812 bits per heavy atom. The Hall–Kier alpha value is -5.54. The van der Waals surface area contributed by atoms with E-state index in [4.69, 9.17) is 0 Å². The van der Waals surface area contributed by atoms with Crippen molar-refractivity contribution in [2.75, 3.05) is 0 Å². The standard InChI is InChI=1S/C46H30S2/c1-3-7-31(8-4-1)33-11-15-35(16-12-33)37-19-23-39(24-20-37)43-28-41-27-42-29-44(48-46(42)30-45(41)47-43)40-25-21-38(22-26-40)36-17-13-34(14-18-36)32-9-5-2-6-10-32/h1-30H. The van der Waals surface area contributed by atoms with E-state index in [9.17, 15) is 0 Å². The van der Waals surface area contributed by atoms with Crippen molar-refractivity contribution < 1.29 is 0 Å². The van der Waals surface area contributed by atoms with Gasteiger partial charge in [-0.3, -0.25) is 0 Å². The molecule has 9 aromatic rings. The van der Waals surface area contributed by atoms with Crippen molar-refractivity contribution >= 4 is 42.8 Å². The SMILES string of the molecule is c1ccc(-c2ccc(-c3ccc(-c4cc5cc6cc(-c7ccc(-c8ccc(-c9ccccc9)cc8)cc7)sc6cc5s4)cc3)cc2)cc1. The van der Waals surface area contributed by atoms with Crippen LogP contribution in [0, 0.1) is 0 Å². The van der Waals surface area contributed by atoms with Gasteiger partial charge in [0, 0.05) is 19.2 Å². The third-order valence-corrected chi connectivity index (χ3v) is 11.4. The summed E-state index contributed by atoms with van der Waals surface area (Å²) in [7, 11) is 0. The second-order valence-corrected chi connectivity index (χ2v) is 14.4. The maximum atomic E-state index is 2.37. The van der Waals surface area contributed by atoms with Gasteiger partial charge in [-0.2, -0.15) is 0 Å². The van der Waals surface area contributed by atoms with Crippen molar-refractivity contribution in [1.82, 2.24) is 0 Å².